The highest BCUT2D eigenvalue weighted by atomic mass is 19.1. The minimum atomic E-state index is -0.690. The van der Waals surface area contributed by atoms with Crippen LogP contribution in [0.2, 0.25) is 0 Å². The van der Waals surface area contributed by atoms with Crippen molar-refractivity contribution in [1.29, 1.82) is 0 Å². The Morgan fingerprint density at radius 2 is 1.96 bits per heavy atom. The van der Waals surface area contributed by atoms with Crippen molar-refractivity contribution >= 4 is 11.8 Å². The molecule has 2 N–H and O–H groups in total. The van der Waals surface area contributed by atoms with Gasteiger partial charge in [-0.3, -0.25) is 9.59 Å². The van der Waals surface area contributed by atoms with Gasteiger partial charge in [-0.1, -0.05) is 6.07 Å². The monoisotopic (exact) mass is 337 g/mol. The number of carbonyl (C=O) groups excluding carboxylic acids is 2. The van der Waals surface area contributed by atoms with Crippen molar-refractivity contribution in [1.82, 2.24) is 15.5 Å². The minimum Gasteiger partial charge on any atom is -0.350 e. The lowest BCUT2D eigenvalue weighted by molar-refractivity contribution is -0.139. The molecule has 3 rings (SSSR count). The lowest BCUT2D eigenvalue weighted by Gasteiger charge is -2.26. The summed E-state index contributed by atoms with van der Waals surface area (Å²) < 4.78 is 27.2. The highest BCUT2D eigenvalue weighted by Crippen LogP contribution is 2.21. The first-order chi connectivity index (χ1) is 11.6. The smallest absolute Gasteiger partial charge is 0.243 e. The van der Waals surface area contributed by atoms with E-state index in [2.05, 4.69) is 10.6 Å². The number of hydrogen-bond acceptors (Lipinski definition) is 3. The summed E-state index contributed by atoms with van der Waals surface area (Å²) in [5.74, 6) is -1.79. The zero-order valence-electron chi connectivity index (χ0n) is 13.4. The van der Waals surface area contributed by atoms with Crippen molar-refractivity contribution in [2.75, 3.05) is 13.1 Å². The number of hydrogen-bond donors (Lipinski definition) is 2. The van der Waals surface area contributed by atoms with Crippen molar-refractivity contribution in [2.45, 2.75) is 44.3 Å². The quantitative estimate of drug-likeness (QED) is 0.871. The summed E-state index contributed by atoms with van der Waals surface area (Å²) in [5, 5.41) is 5.71. The van der Waals surface area contributed by atoms with Gasteiger partial charge in [-0.05, 0) is 44.4 Å². The maximum absolute atomic E-state index is 13.6. The van der Waals surface area contributed by atoms with Crippen molar-refractivity contribution in [3.05, 3.63) is 35.4 Å². The van der Waals surface area contributed by atoms with Crippen LogP contribution in [0.25, 0.3) is 0 Å². The Kier molecular flexibility index (Phi) is 5.08. The van der Waals surface area contributed by atoms with Crippen molar-refractivity contribution in [3.63, 3.8) is 0 Å². The Bertz CT molecular complexity index is 612. The molecule has 0 radical (unpaired) electrons. The molecule has 0 aromatic heterocycles. The fraction of sp³-hybridized carbons (Fsp3) is 0.529. The van der Waals surface area contributed by atoms with Gasteiger partial charge in [0.2, 0.25) is 11.8 Å². The van der Waals surface area contributed by atoms with Gasteiger partial charge in [0.05, 0.1) is 6.04 Å². The fourth-order valence-electron chi connectivity index (χ4n) is 3.39. The normalized spacial score (nSPS) is 23.5. The molecule has 24 heavy (non-hydrogen) atoms. The van der Waals surface area contributed by atoms with Crippen LogP contribution in [0.3, 0.4) is 0 Å². The molecule has 2 heterocycles. The first-order valence-corrected chi connectivity index (χ1v) is 8.32. The van der Waals surface area contributed by atoms with Crippen molar-refractivity contribution in [3.8, 4) is 0 Å². The lowest BCUT2D eigenvalue weighted by Crippen LogP contribution is -2.51. The van der Waals surface area contributed by atoms with Gasteiger partial charge in [-0.2, -0.15) is 0 Å². The first-order valence-electron chi connectivity index (χ1n) is 8.32. The molecule has 0 bridgehead atoms. The topological polar surface area (TPSA) is 61.4 Å². The predicted molar refractivity (Wildman–Crippen MR) is 84.0 cm³/mol. The minimum absolute atomic E-state index is 0.0535. The fourth-order valence-corrected chi connectivity index (χ4v) is 3.39. The van der Waals surface area contributed by atoms with Gasteiger partial charge in [0.1, 0.15) is 17.7 Å². The second kappa shape index (κ2) is 7.25. The summed E-state index contributed by atoms with van der Waals surface area (Å²) >= 11 is 0. The van der Waals surface area contributed by atoms with Crippen LogP contribution in [0.15, 0.2) is 18.2 Å². The number of amides is 2. The van der Waals surface area contributed by atoms with Gasteiger partial charge in [-0.15, -0.1) is 0 Å². The molecule has 1 unspecified atom stereocenters. The van der Waals surface area contributed by atoms with E-state index in [0.29, 0.717) is 13.0 Å². The van der Waals surface area contributed by atoms with E-state index in [1.165, 1.54) is 6.07 Å². The molecule has 2 atom stereocenters. The van der Waals surface area contributed by atoms with E-state index in [0.717, 1.165) is 37.9 Å². The molecule has 5 nitrogen and oxygen atoms in total. The summed E-state index contributed by atoms with van der Waals surface area (Å²) in [4.78, 5) is 26.5. The van der Waals surface area contributed by atoms with Crippen LogP contribution in [0.1, 0.15) is 31.2 Å². The summed E-state index contributed by atoms with van der Waals surface area (Å²) in [7, 11) is 0. The third kappa shape index (κ3) is 3.40. The number of benzene rings is 1. The average molecular weight is 337 g/mol. The predicted octanol–water partition coefficient (Wildman–Crippen LogP) is 1.32. The number of halogens is 2. The van der Waals surface area contributed by atoms with Gasteiger partial charge >= 0.3 is 0 Å². The van der Waals surface area contributed by atoms with E-state index in [1.807, 2.05) is 0 Å². The van der Waals surface area contributed by atoms with Crippen LogP contribution >= 0.6 is 0 Å². The average Bonchev–Trinajstić information content (AvgIpc) is 3.25. The largest absolute Gasteiger partial charge is 0.350 e. The van der Waals surface area contributed by atoms with Crippen LogP contribution in [0, 0.1) is 11.6 Å². The molecule has 0 spiro atoms. The molecule has 0 aliphatic carbocycles. The lowest BCUT2D eigenvalue weighted by atomic mass is 10.1. The molecule has 1 aromatic rings. The Morgan fingerprint density at radius 1 is 1.21 bits per heavy atom. The van der Waals surface area contributed by atoms with Gasteiger partial charge in [0.15, 0.2) is 0 Å². The second-order valence-corrected chi connectivity index (χ2v) is 6.26. The molecule has 2 amide bonds. The highest BCUT2D eigenvalue weighted by molar-refractivity contribution is 5.90. The van der Waals surface area contributed by atoms with E-state index in [4.69, 9.17) is 0 Å². The third-order valence-electron chi connectivity index (χ3n) is 4.70. The van der Waals surface area contributed by atoms with Gasteiger partial charge in [0.25, 0.3) is 0 Å². The summed E-state index contributed by atoms with van der Waals surface area (Å²) in [5.41, 5.74) is -0.167. The van der Waals surface area contributed by atoms with Crippen molar-refractivity contribution < 1.29 is 18.4 Å². The van der Waals surface area contributed by atoms with E-state index in [-0.39, 0.29) is 30.0 Å². The van der Waals surface area contributed by atoms with Gasteiger partial charge in [-0.25, -0.2) is 8.78 Å². The molecule has 2 aliphatic rings. The van der Waals surface area contributed by atoms with Crippen LogP contribution in [-0.4, -0.2) is 41.9 Å². The molecule has 7 heteroatoms. The van der Waals surface area contributed by atoms with Gasteiger partial charge in [0, 0.05) is 18.7 Å². The summed E-state index contributed by atoms with van der Waals surface area (Å²) in [6.07, 6.45) is 3.06. The second-order valence-electron chi connectivity index (χ2n) is 6.26. The Balaban J connectivity index is 1.62. The number of nitrogens with one attached hydrogen (secondary N) is 2. The van der Waals surface area contributed by atoms with E-state index in [1.54, 1.807) is 4.90 Å². The zero-order valence-corrected chi connectivity index (χ0v) is 13.4. The SMILES string of the molecule is O=C(NCc1c(F)cccc1F)C1CCCN1C(=O)[C@@H]1CCCN1. The highest BCUT2D eigenvalue weighted by Gasteiger charge is 2.37. The van der Waals surface area contributed by atoms with Crippen LogP contribution in [0.5, 0.6) is 0 Å². The standard InChI is InChI=1S/C17H21F2N3O2/c18-12-4-1-5-13(19)11(12)10-21-16(23)15-7-3-9-22(15)17(24)14-6-2-8-20-14/h1,4-5,14-15,20H,2-3,6-10H2,(H,21,23)/t14-,15?/m0/s1. The van der Waals surface area contributed by atoms with Crippen LogP contribution in [-0.2, 0) is 16.1 Å². The van der Waals surface area contributed by atoms with Crippen molar-refractivity contribution in [2.24, 2.45) is 0 Å². The molecule has 2 aliphatic heterocycles. The Morgan fingerprint density at radius 3 is 2.62 bits per heavy atom. The number of nitrogens with zero attached hydrogens (tertiary/aromatic N) is 1. The number of likely N-dealkylation sites (tertiary alicyclic amines) is 1. The van der Waals surface area contributed by atoms with Gasteiger partial charge < -0.3 is 15.5 Å². The molecule has 2 fully saturated rings. The Labute approximate surface area is 139 Å². The molecular weight excluding hydrogens is 316 g/mol. The Hall–Kier alpha value is -2.02. The van der Waals surface area contributed by atoms with E-state index in [9.17, 15) is 18.4 Å². The first kappa shape index (κ1) is 16.8. The molecule has 2 saturated heterocycles. The molecule has 0 saturated carbocycles. The number of carbonyl (C=O) groups is 2. The van der Waals surface area contributed by atoms with E-state index < -0.39 is 17.7 Å². The third-order valence-corrected chi connectivity index (χ3v) is 4.70. The maximum Gasteiger partial charge on any atom is 0.243 e. The maximum atomic E-state index is 13.6. The molecule has 130 valence electrons. The van der Waals surface area contributed by atoms with Crippen LogP contribution in [0.4, 0.5) is 8.78 Å². The van der Waals surface area contributed by atoms with E-state index >= 15 is 0 Å². The summed E-state index contributed by atoms with van der Waals surface area (Å²) in [6.45, 7) is 1.13. The van der Waals surface area contributed by atoms with Crippen LogP contribution < -0.4 is 10.6 Å². The number of rotatable bonds is 4. The summed E-state index contributed by atoms with van der Waals surface area (Å²) in [6, 6.07) is 2.81. The zero-order chi connectivity index (χ0) is 17.1. The molecular formula is C17H21F2N3O2. The molecule has 1 aromatic carbocycles.